The molecule has 0 saturated carbocycles. The molecule has 0 unspecified atom stereocenters. The van der Waals surface area contributed by atoms with E-state index in [9.17, 15) is 9.18 Å². The number of carbonyl (C=O) groups is 1. The highest BCUT2D eigenvalue weighted by molar-refractivity contribution is 7.98. The molecule has 16 heavy (non-hydrogen) atoms. The molecule has 2 rings (SSSR count). The third-order valence-corrected chi connectivity index (χ3v) is 2.92. The Morgan fingerprint density at radius 2 is 2.31 bits per heavy atom. The molecule has 0 aliphatic carbocycles. The fraction of sp³-hybridized carbons (Fsp3) is 0.250. The van der Waals surface area contributed by atoms with E-state index >= 15 is 0 Å². The lowest BCUT2D eigenvalue weighted by Gasteiger charge is -1.93. The SMILES string of the molecule is CSCCC(=O)c1cc2cccc(F)c2o1. The molecule has 0 saturated heterocycles. The first-order valence-electron chi connectivity index (χ1n) is 4.92. The van der Waals surface area contributed by atoms with Crippen molar-refractivity contribution in [2.45, 2.75) is 6.42 Å². The number of hydrogen-bond acceptors (Lipinski definition) is 3. The van der Waals surface area contributed by atoms with Gasteiger partial charge in [-0.25, -0.2) is 4.39 Å². The summed E-state index contributed by atoms with van der Waals surface area (Å²) in [5, 5.41) is 0.632. The first-order valence-corrected chi connectivity index (χ1v) is 6.32. The summed E-state index contributed by atoms with van der Waals surface area (Å²) in [6.45, 7) is 0. The third kappa shape index (κ3) is 2.11. The molecule has 2 nitrogen and oxygen atoms in total. The van der Waals surface area contributed by atoms with E-state index in [0.29, 0.717) is 11.8 Å². The zero-order valence-electron chi connectivity index (χ0n) is 8.83. The molecule has 0 bridgehead atoms. The summed E-state index contributed by atoms with van der Waals surface area (Å²) in [4.78, 5) is 11.7. The number of hydrogen-bond donors (Lipinski definition) is 0. The van der Waals surface area contributed by atoms with Crippen LogP contribution in [0.1, 0.15) is 17.0 Å². The molecule has 0 aliphatic heterocycles. The Hall–Kier alpha value is -1.29. The van der Waals surface area contributed by atoms with Crippen LogP contribution in [0.4, 0.5) is 4.39 Å². The second-order valence-electron chi connectivity index (χ2n) is 3.43. The highest BCUT2D eigenvalue weighted by Gasteiger charge is 2.13. The molecular weight excluding hydrogens is 227 g/mol. The van der Waals surface area contributed by atoms with Gasteiger partial charge in [0.05, 0.1) is 0 Å². The molecule has 0 amide bonds. The maximum atomic E-state index is 13.3. The van der Waals surface area contributed by atoms with Crippen molar-refractivity contribution in [1.29, 1.82) is 0 Å². The standard InChI is InChI=1S/C12H11FO2S/c1-16-6-5-10(14)11-7-8-3-2-4-9(13)12(8)15-11/h2-4,7H,5-6H2,1H3. The van der Waals surface area contributed by atoms with Gasteiger partial charge in [-0.3, -0.25) is 4.79 Å². The van der Waals surface area contributed by atoms with Crippen molar-refractivity contribution in [1.82, 2.24) is 0 Å². The summed E-state index contributed by atoms with van der Waals surface area (Å²) in [6, 6.07) is 6.25. The molecule has 0 atom stereocenters. The van der Waals surface area contributed by atoms with Crippen LogP contribution in [0.3, 0.4) is 0 Å². The Morgan fingerprint density at radius 3 is 3.00 bits per heavy atom. The molecule has 4 heteroatoms. The molecule has 0 aliphatic rings. The van der Waals surface area contributed by atoms with Crippen molar-refractivity contribution < 1.29 is 13.6 Å². The van der Waals surface area contributed by atoms with Crippen LogP contribution in [0.15, 0.2) is 28.7 Å². The zero-order valence-corrected chi connectivity index (χ0v) is 9.64. The summed E-state index contributed by atoms with van der Waals surface area (Å²) in [6.07, 6.45) is 2.36. The van der Waals surface area contributed by atoms with E-state index in [4.69, 9.17) is 4.42 Å². The van der Waals surface area contributed by atoms with Crippen molar-refractivity contribution in [3.05, 3.63) is 35.8 Å². The number of ketones is 1. The second-order valence-corrected chi connectivity index (χ2v) is 4.42. The van der Waals surface area contributed by atoms with Crippen molar-refractivity contribution >= 4 is 28.5 Å². The average Bonchev–Trinajstić information content (AvgIpc) is 2.71. The van der Waals surface area contributed by atoms with Gasteiger partial charge in [0.25, 0.3) is 0 Å². The lowest BCUT2D eigenvalue weighted by Crippen LogP contribution is -1.97. The minimum atomic E-state index is -0.429. The third-order valence-electron chi connectivity index (χ3n) is 2.30. The summed E-state index contributed by atoms with van der Waals surface area (Å²) in [7, 11) is 0. The van der Waals surface area contributed by atoms with Gasteiger partial charge in [0.2, 0.25) is 0 Å². The lowest BCUT2D eigenvalue weighted by molar-refractivity contribution is 0.0965. The number of Topliss-reactive ketones (excluding diaryl/α,β-unsaturated/α-hetero) is 1. The second kappa shape index (κ2) is 4.70. The van der Waals surface area contributed by atoms with Gasteiger partial charge in [-0.2, -0.15) is 11.8 Å². The fourth-order valence-electron chi connectivity index (χ4n) is 1.48. The quantitative estimate of drug-likeness (QED) is 0.763. The first kappa shape index (κ1) is 11.2. The van der Waals surface area contributed by atoms with E-state index in [0.717, 1.165) is 5.75 Å². The molecule has 2 aromatic rings. The van der Waals surface area contributed by atoms with Crippen LogP contribution in [-0.4, -0.2) is 17.8 Å². The van der Waals surface area contributed by atoms with Gasteiger partial charge in [-0.15, -0.1) is 0 Å². The van der Waals surface area contributed by atoms with Gasteiger partial charge in [0.15, 0.2) is 22.9 Å². The molecule has 1 aromatic carbocycles. The molecule has 84 valence electrons. The van der Waals surface area contributed by atoms with E-state index in [-0.39, 0.29) is 17.1 Å². The molecule has 1 aromatic heterocycles. The van der Waals surface area contributed by atoms with E-state index in [2.05, 4.69) is 0 Å². The fourth-order valence-corrected chi connectivity index (χ4v) is 1.87. The minimum absolute atomic E-state index is 0.0788. The van der Waals surface area contributed by atoms with E-state index < -0.39 is 5.82 Å². The summed E-state index contributed by atoms with van der Waals surface area (Å²) in [5.41, 5.74) is 0.162. The van der Waals surface area contributed by atoms with Gasteiger partial charge < -0.3 is 4.42 Å². The van der Waals surface area contributed by atoms with Crippen LogP contribution < -0.4 is 0 Å². The van der Waals surface area contributed by atoms with Crippen LogP contribution in [0.5, 0.6) is 0 Å². The number of carbonyl (C=O) groups excluding carboxylic acids is 1. The van der Waals surface area contributed by atoms with Crippen LogP contribution in [0.25, 0.3) is 11.0 Å². The van der Waals surface area contributed by atoms with E-state index in [1.165, 1.54) is 6.07 Å². The molecule has 1 heterocycles. The Balaban J connectivity index is 2.32. The minimum Gasteiger partial charge on any atom is -0.450 e. The smallest absolute Gasteiger partial charge is 0.198 e. The van der Waals surface area contributed by atoms with Crippen molar-refractivity contribution in [3.63, 3.8) is 0 Å². The van der Waals surface area contributed by atoms with Crippen molar-refractivity contribution in [3.8, 4) is 0 Å². The highest BCUT2D eigenvalue weighted by Crippen LogP contribution is 2.23. The zero-order chi connectivity index (χ0) is 11.5. The predicted molar refractivity (Wildman–Crippen MR) is 63.5 cm³/mol. The maximum Gasteiger partial charge on any atom is 0.198 e. The topological polar surface area (TPSA) is 30.2 Å². The summed E-state index contributed by atoms with van der Waals surface area (Å²) in [5.74, 6) is 0.485. The Morgan fingerprint density at radius 1 is 1.50 bits per heavy atom. The van der Waals surface area contributed by atoms with Crippen molar-refractivity contribution in [2.75, 3.05) is 12.0 Å². The summed E-state index contributed by atoms with van der Waals surface area (Å²) >= 11 is 1.60. The van der Waals surface area contributed by atoms with Gasteiger partial charge in [-0.1, -0.05) is 12.1 Å². The molecule has 0 fully saturated rings. The predicted octanol–water partition coefficient (Wildman–Crippen LogP) is 3.51. The summed E-state index contributed by atoms with van der Waals surface area (Å²) < 4.78 is 18.5. The molecule has 0 radical (unpaired) electrons. The van der Waals surface area contributed by atoms with Crippen LogP contribution >= 0.6 is 11.8 Å². The average molecular weight is 238 g/mol. The molecular formula is C12H11FO2S. The van der Waals surface area contributed by atoms with Crippen LogP contribution in [0.2, 0.25) is 0 Å². The number of para-hydroxylation sites is 1. The lowest BCUT2D eigenvalue weighted by atomic mass is 10.2. The Bertz CT molecular complexity index is 519. The van der Waals surface area contributed by atoms with Gasteiger partial charge in [0.1, 0.15) is 0 Å². The molecule has 0 spiro atoms. The Kier molecular flexibility index (Phi) is 3.29. The van der Waals surface area contributed by atoms with E-state index in [1.807, 2.05) is 6.26 Å². The number of benzene rings is 1. The number of rotatable bonds is 4. The van der Waals surface area contributed by atoms with Gasteiger partial charge >= 0.3 is 0 Å². The molecule has 0 N–H and O–H groups in total. The number of halogens is 1. The van der Waals surface area contributed by atoms with Gasteiger partial charge in [0, 0.05) is 17.6 Å². The normalized spacial score (nSPS) is 10.9. The maximum absolute atomic E-state index is 13.3. The van der Waals surface area contributed by atoms with Gasteiger partial charge in [-0.05, 0) is 18.4 Å². The monoisotopic (exact) mass is 238 g/mol. The number of fused-ring (bicyclic) bond motifs is 1. The largest absolute Gasteiger partial charge is 0.450 e. The van der Waals surface area contributed by atoms with Crippen LogP contribution in [0, 0.1) is 5.82 Å². The number of thioether (sulfide) groups is 1. The Labute approximate surface area is 96.8 Å². The van der Waals surface area contributed by atoms with Crippen molar-refractivity contribution in [2.24, 2.45) is 0 Å². The van der Waals surface area contributed by atoms with E-state index in [1.54, 1.807) is 30.0 Å². The number of furan rings is 1. The van der Waals surface area contributed by atoms with Crippen LogP contribution in [-0.2, 0) is 0 Å². The first-order chi connectivity index (χ1) is 7.72. The highest BCUT2D eigenvalue weighted by atomic mass is 32.2.